The smallest absolute Gasteiger partial charge is 0.192 e. The molecule has 1 aromatic rings. The topological polar surface area (TPSA) is 18.5 Å². The van der Waals surface area contributed by atoms with E-state index in [1.165, 1.54) is 6.07 Å². The van der Waals surface area contributed by atoms with Gasteiger partial charge in [0.05, 0.1) is 6.61 Å². The van der Waals surface area contributed by atoms with E-state index < -0.39 is 14.1 Å². The maximum absolute atomic E-state index is 13.4. The van der Waals surface area contributed by atoms with Crippen molar-refractivity contribution < 1.29 is 13.6 Å². The second-order valence-electron chi connectivity index (χ2n) is 6.86. The van der Waals surface area contributed by atoms with Crippen molar-refractivity contribution in [1.29, 1.82) is 0 Å². The summed E-state index contributed by atoms with van der Waals surface area (Å²) < 4.78 is 25.0. The van der Waals surface area contributed by atoms with Gasteiger partial charge in [0.2, 0.25) is 0 Å². The van der Waals surface area contributed by atoms with Crippen molar-refractivity contribution in [3.8, 4) is 5.75 Å². The minimum Gasteiger partial charge on any atom is -0.488 e. The van der Waals surface area contributed by atoms with Crippen LogP contribution in [0, 0.1) is 12.7 Å². The molecule has 0 atom stereocenters. The number of benzene rings is 1. The van der Waals surface area contributed by atoms with Gasteiger partial charge in [-0.1, -0.05) is 44.5 Å². The minimum atomic E-state index is -1.72. The van der Waals surface area contributed by atoms with Crippen LogP contribution in [0.3, 0.4) is 0 Å². The highest BCUT2D eigenvalue weighted by Crippen LogP contribution is 2.36. The van der Waals surface area contributed by atoms with Gasteiger partial charge in [-0.05, 0) is 42.8 Å². The molecule has 0 spiro atoms. The Morgan fingerprint density at radius 2 is 1.77 bits per heavy atom. The van der Waals surface area contributed by atoms with Crippen LogP contribution in [0.1, 0.15) is 26.3 Å². The van der Waals surface area contributed by atoms with Crippen molar-refractivity contribution in [1.82, 2.24) is 0 Å². The molecule has 1 rings (SSSR count). The van der Waals surface area contributed by atoms with Gasteiger partial charge in [-0.2, -0.15) is 0 Å². The molecule has 0 saturated heterocycles. The van der Waals surface area contributed by atoms with Crippen LogP contribution in [0.5, 0.6) is 5.75 Å². The molecule has 0 amide bonds. The Balaban J connectivity index is 2.48. The SMILES string of the molecule is Cc1ccc(F)c(Cl)c1OC/C=C\CO[Si](C)(C)C(C)(C)C. The summed E-state index contributed by atoms with van der Waals surface area (Å²) >= 11 is 5.91. The van der Waals surface area contributed by atoms with Crippen LogP contribution in [-0.2, 0) is 4.43 Å². The lowest BCUT2D eigenvalue weighted by molar-refractivity contribution is 0.324. The maximum atomic E-state index is 13.4. The molecule has 0 aliphatic carbocycles. The van der Waals surface area contributed by atoms with E-state index in [1.807, 2.05) is 19.1 Å². The average Bonchev–Trinajstić information content (AvgIpc) is 2.40. The van der Waals surface area contributed by atoms with Crippen molar-refractivity contribution in [2.45, 2.75) is 45.8 Å². The molecule has 0 N–H and O–H groups in total. The van der Waals surface area contributed by atoms with Crippen LogP contribution in [0.4, 0.5) is 4.39 Å². The molecule has 0 bridgehead atoms. The van der Waals surface area contributed by atoms with E-state index >= 15 is 0 Å². The van der Waals surface area contributed by atoms with E-state index in [2.05, 4.69) is 33.9 Å². The zero-order chi connectivity index (χ0) is 17.0. The molecule has 0 heterocycles. The number of ether oxygens (including phenoxy) is 1. The predicted molar refractivity (Wildman–Crippen MR) is 93.9 cm³/mol. The van der Waals surface area contributed by atoms with Gasteiger partial charge in [0, 0.05) is 0 Å². The highest BCUT2D eigenvalue weighted by Gasteiger charge is 2.36. The Labute approximate surface area is 139 Å². The van der Waals surface area contributed by atoms with Crippen LogP contribution < -0.4 is 4.74 Å². The van der Waals surface area contributed by atoms with Gasteiger partial charge in [0.25, 0.3) is 0 Å². The second kappa shape index (κ2) is 7.62. The third kappa shape index (κ3) is 5.11. The molecule has 0 unspecified atom stereocenters. The number of aryl methyl sites for hydroxylation is 1. The van der Waals surface area contributed by atoms with Gasteiger partial charge in [0.1, 0.15) is 23.2 Å². The third-order valence-electron chi connectivity index (χ3n) is 4.08. The van der Waals surface area contributed by atoms with Crippen LogP contribution in [0.15, 0.2) is 24.3 Å². The quantitative estimate of drug-likeness (QED) is 0.483. The van der Waals surface area contributed by atoms with Gasteiger partial charge < -0.3 is 9.16 Å². The monoisotopic (exact) mass is 344 g/mol. The summed E-state index contributed by atoms with van der Waals surface area (Å²) in [6.07, 6.45) is 3.80. The van der Waals surface area contributed by atoms with E-state index in [-0.39, 0.29) is 10.1 Å². The first-order valence-corrected chi connectivity index (χ1v) is 10.7. The summed E-state index contributed by atoms with van der Waals surface area (Å²) in [5.41, 5.74) is 0.817. The standard InChI is InChI=1S/C17H26ClFO2Si/c1-13-9-10-14(19)15(18)16(13)20-11-7-8-12-21-22(5,6)17(2,3)4/h7-10H,11-12H2,1-6H3/b8-7-. The highest BCUT2D eigenvalue weighted by molar-refractivity contribution is 6.74. The van der Waals surface area contributed by atoms with Crippen molar-refractivity contribution in [3.63, 3.8) is 0 Å². The molecule has 1 aromatic carbocycles. The highest BCUT2D eigenvalue weighted by atomic mass is 35.5. The fourth-order valence-corrected chi connectivity index (χ4v) is 2.76. The molecule has 0 saturated carbocycles. The predicted octanol–water partition coefficient (Wildman–Crippen LogP) is 5.74. The Bertz CT molecular complexity index is 536. The molecule has 0 radical (unpaired) electrons. The molecule has 0 fully saturated rings. The minimum absolute atomic E-state index is 0.0333. The van der Waals surface area contributed by atoms with Gasteiger partial charge >= 0.3 is 0 Å². The summed E-state index contributed by atoms with van der Waals surface area (Å²) in [5.74, 6) is -0.0656. The number of hydrogen-bond acceptors (Lipinski definition) is 2. The Morgan fingerprint density at radius 1 is 1.18 bits per heavy atom. The molecule has 5 heteroatoms. The lowest BCUT2D eigenvalue weighted by atomic mass is 10.2. The summed E-state index contributed by atoms with van der Waals surface area (Å²) in [4.78, 5) is 0. The Kier molecular flexibility index (Phi) is 6.65. The van der Waals surface area contributed by atoms with E-state index in [9.17, 15) is 4.39 Å². The fraction of sp³-hybridized carbons (Fsp3) is 0.529. The van der Waals surface area contributed by atoms with Gasteiger partial charge in [-0.15, -0.1) is 0 Å². The van der Waals surface area contributed by atoms with E-state index in [4.69, 9.17) is 20.8 Å². The lowest BCUT2D eigenvalue weighted by Crippen LogP contribution is -2.40. The summed E-state index contributed by atoms with van der Waals surface area (Å²) in [5, 5.41) is 0.231. The fourth-order valence-electron chi connectivity index (χ4n) is 1.55. The first kappa shape index (κ1) is 19.2. The zero-order valence-corrected chi connectivity index (χ0v) is 16.1. The van der Waals surface area contributed by atoms with Crippen molar-refractivity contribution in [2.75, 3.05) is 13.2 Å². The molecule has 0 aromatic heterocycles. The number of hydrogen-bond donors (Lipinski definition) is 0. The summed E-state index contributed by atoms with van der Waals surface area (Å²) in [6, 6.07) is 2.99. The Morgan fingerprint density at radius 3 is 2.36 bits per heavy atom. The number of halogens is 2. The molecule has 124 valence electrons. The van der Waals surface area contributed by atoms with Crippen LogP contribution in [-0.4, -0.2) is 21.5 Å². The average molecular weight is 345 g/mol. The first-order valence-electron chi connectivity index (χ1n) is 7.42. The summed E-state index contributed by atoms with van der Waals surface area (Å²) in [6.45, 7) is 13.8. The largest absolute Gasteiger partial charge is 0.488 e. The lowest BCUT2D eigenvalue weighted by Gasteiger charge is -2.35. The van der Waals surface area contributed by atoms with E-state index in [0.29, 0.717) is 19.0 Å². The number of rotatable bonds is 6. The summed E-state index contributed by atoms with van der Waals surface area (Å²) in [7, 11) is -1.72. The van der Waals surface area contributed by atoms with Crippen molar-refractivity contribution >= 4 is 19.9 Å². The van der Waals surface area contributed by atoms with Crippen LogP contribution in [0.2, 0.25) is 23.2 Å². The van der Waals surface area contributed by atoms with E-state index in [1.54, 1.807) is 6.07 Å². The third-order valence-corrected chi connectivity index (χ3v) is 8.94. The van der Waals surface area contributed by atoms with Crippen molar-refractivity contribution in [3.05, 3.63) is 40.7 Å². The van der Waals surface area contributed by atoms with Gasteiger partial charge in [0.15, 0.2) is 8.32 Å². The van der Waals surface area contributed by atoms with E-state index in [0.717, 1.165) is 5.56 Å². The molecular weight excluding hydrogens is 319 g/mol. The Hall–Kier alpha value is -0.843. The molecule has 2 nitrogen and oxygen atoms in total. The maximum Gasteiger partial charge on any atom is 0.192 e. The van der Waals surface area contributed by atoms with Gasteiger partial charge in [-0.25, -0.2) is 4.39 Å². The molecule has 22 heavy (non-hydrogen) atoms. The molecular formula is C17H26ClFO2Si. The molecule has 0 aliphatic heterocycles. The zero-order valence-electron chi connectivity index (χ0n) is 14.3. The van der Waals surface area contributed by atoms with Crippen LogP contribution in [0.25, 0.3) is 0 Å². The van der Waals surface area contributed by atoms with Crippen molar-refractivity contribution in [2.24, 2.45) is 0 Å². The van der Waals surface area contributed by atoms with Crippen LogP contribution >= 0.6 is 11.6 Å². The molecule has 0 aliphatic rings. The first-order chi connectivity index (χ1) is 10.1. The van der Waals surface area contributed by atoms with Gasteiger partial charge in [-0.3, -0.25) is 0 Å². The second-order valence-corrected chi connectivity index (χ2v) is 12.0. The normalized spacial score (nSPS) is 12.9.